The largest absolute Gasteiger partial charge is 0.494 e. The maximum Gasteiger partial charge on any atom is 0.255 e. The summed E-state index contributed by atoms with van der Waals surface area (Å²) in [6, 6.07) is 5.17. The second-order valence-corrected chi connectivity index (χ2v) is 4.96. The fourth-order valence-corrected chi connectivity index (χ4v) is 2.44. The molecule has 1 aromatic rings. The summed E-state index contributed by atoms with van der Waals surface area (Å²) in [6.45, 7) is 1.43. The topological polar surface area (TPSA) is 73.6 Å². The Balaban J connectivity index is 1.87. The van der Waals surface area contributed by atoms with Gasteiger partial charge in [0.15, 0.2) is 5.75 Å². The minimum absolute atomic E-state index is 0.162. The van der Waals surface area contributed by atoms with E-state index in [0.29, 0.717) is 23.5 Å². The van der Waals surface area contributed by atoms with Gasteiger partial charge in [-0.2, -0.15) is 0 Å². The number of rotatable bonds is 5. The lowest BCUT2D eigenvalue weighted by Crippen LogP contribution is -2.29. The standard InChI is InChI=1S/C15H22N2O3/c1-19-14-12(6-4-7-13(14)16)15(18)17-9-8-11-5-2-3-10-20-11/h4,6-7,11H,2-3,5,8-10,16H2,1H3,(H,17,18). The van der Waals surface area contributed by atoms with Crippen LogP contribution >= 0.6 is 0 Å². The van der Waals surface area contributed by atoms with Crippen LogP contribution in [0.15, 0.2) is 18.2 Å². The van der Waals surface area contributed by atoms with Crippen LogP contribution in [-0.2, 0) is 4.74 Å². The van der Waals surface area contributed by atoms with Crippen molar-refractivity contribution < 1.29 is 14.3 Å². The minimum atomic E-state index is -0.162. The normalized spacial score (nSPS) is 18.6. The molecule has 1 aromatic carbocycles. The average molecular weight is 278 g/mol. The molecule has 0 aliphatic carbocycles. The molecule has 1 heterocycles. The van der Waals surface area contributed by atoms with E-state index in [1.807, 2.05) is 0 Å². The third-order valence-electron chi connectivity index (χ3n) is 3.52. The van der Waals surface area contributed by atoms with Crippen molar-refractivity contribution in [2.75, 3.05) is 26.0 Å². The smallest absolute Gasteiger partial charge is 0.255 e. The molecule has 0 aromatic heterocycles. The van der Waals surface area contributed by atoms with Crippen LogP contribution in [0.1, 0.15) is 36.0 Å². The Morgan fingerprint density at radius 1 is 1.50 bits per heavy atom. The first kappa shape index (κ1) is 14.7. The number of anilines is 1. The number of carbonyl (C=O) groups is 1. The lowest BCUT2D eigenvalue weighted by Gasteiger charge is -2.22. The highest BCUT2D eigenvalue weighted by atomic mass is 16.5. The fourth-order valence-electron chi connectivity index (χ4n) is 2.44. The number of carbonyl (C=O) groups excluding carboxylic acids is 1. The Labute approximate surface area is 119 Å². The summed E-state index contributed by atoms with van der Waals surface area (Å²) in [4.78, 5) is 12.1. The van der Waals surface area contributed by atoms with Gasteiger partial charge in [-0.3, -0.25) is 4.79 Å². The molecule has 20 heavy (non-hydrogen) atoms. The summed E-state index contributed by atoms with van der Waals surface area (Å²) in [7, 11) is 1.51. The second-order valence-electron chi connectivity index (χ2n) is 4.96. The van der Waals surface area contributed by atoms with E-state index >= 15 is 0 Å². The Morgan fingerprint density at radius 3 is 3.05 bits per heavy atom. The van der Waals surface area contributed by atoms with E-state index < -0.39 is 0 Å². The highest BCUT2D eigenvalue weighted by Crippen LogP contribution is 2.25. The van der Waals surface area contributed by atoms with Gasteiger partial charge in [0.1, 0.15) is 0 Å². The molecule has 0 saturated carbocycles. The Morgan fingerprint density at radius 2 is 2.35 bits per heavy atom. The third-order valence-corrected chi connectivity index (χ3v) is 3.52. The van der Waals surface area contributed by atoms with Gasteiger partial charge >= 0.3 is 0 Å². The summed E-state index contributed by atoms with van der Waals surface area (Å²) in [5.74, 6) is 0.267. The van der Waals surface area contributed by atoms with Crippen LogP contribution in [0, 0.1) is 0 Å². The molecular weight excluding hydrogens is 256 g/mol. The number of ether oxygens (including phenoxy) is 2. The van der Waals surface area contributed by atoms with E-state index in [2.05, 4.69) is 5.32 Å². The van der Waals surface area contributed by atoms with E-state index in [-0.39, 0.29) is 12.0 Å². The first-order valence-electron chi connectivity index (χ1n) is 7.04. The van der Waals surface area contributed by atoms with Gasteiger partial charge in [-0.1, -0.05) is 6.07 Å². The number of hydrogen-bond donors (Lipinski definition) is 2. The monoisotopic (exact) mass is 278 g/mol. The summed E-state index contributed by atoms with van der Waals surface area (Å²) >= 11 is 0. The molecule has 0 spiro atoms. The predicted molar refractivity (Wildman–Crippen MR) is 77.9 cm³/mol. The minimum Gasteiger partial charge on any atom is -0.494 e. The number of amides is 1. The highest BCUT2D eigenvalue weighted by Gasteiger charge is 2.16. The van der Waals surface area contributed by atoms with Crippen molar-refractivity contribution in [1.82, 2.24) is 5.32 Å². The SMILES string of the molecule is COc1c(N)cccc1C(=O)NCCC1CCCCO1. The molecule has 1 aliphatic heterocycles. The summed E-state index contributed by atoms with van der Waals surface area (Å²) in [5, 5.41) is 2.89. The molecule has 3 N–H and O–H groups in total. The average Bonchev–Trinajstić information content (AvgIpc) is 2.48. The predicted octanol–water partition coefficient (Wildman–Crippen LogP) is 1.97. The second kappa shape index (κ2) is 7.14. The van der Waals surface area contributed by atoms with E-state index in [1.165, 1.54) is 13.5 Å². The molecule has 5 nitrogen and oxygen atoms in total. The van der Waals surface area contributed by atoms with E-state index in [1.54, 1.807) is 18.2 Å². The molecule has 5 heteroatoms. The fraction of sp³-hybridized carbons (Fsp3) is 0.533. The van der Waals surface area contributed by atoms with E-state index in [0.717, 1.165) is 25.9 Å². The van der Waals surface area contributed by atoms with Gasteiger partial charge in [-0.05, 0) is 37.8 Å². The van der Waals surface area contributed by atoms with E-state index in [4.69, 9.17) is 15.2 Å². The van der Waals surface area contributed by atoms with Crippen LogP contribution in [0.5, 0.6) is 5.75 Å². The van der Waals surface area contributed by atoms with Gasteiger partial charge in [-0.15, -0.1) is 0 Å². The third kappa shape index (κ3) is 3.63. The molecule has 1 saturated heterocycles. The van der Waals surface area contributed by atoms with Gasteiger partial charge in [0.05, 0.1) is 24.5 Å². The van der Waals surface area contributed by atoms with Crippen molar-refractivity contribution in [2.45, 2.75) is 31.8 Å². The first-order chi connectivity index (χ1) is 9.72. The van der Waals surface area contributed by atoms with Gasteiger partial charge in [-0.25, -0.2) is 0 Å². The molecule has 0 bridgehead atoms. The number of hydrogen-bond acceptors (Lipinski definition) is 4. The number of benzene rings is 1. The van der Waals surface area contributed by atoms with Crippen LogP contribution in [0.4, 0.5) is 5.69 Å². The van der Waals surface area contributed by atoms with Crippen molar-refractivity contribution >= 4 is 11.6 Å². The summed E-state index contributed by atoms with van der Waals surface area (Å²) in [6.07, 6.45) is 4.55. The Hall–Kier alpha value is -1.75. The Bertz CT molecular complexity index is 456. The maximum absolute atomic E-state index is 12.1. The van der Waals surface area contributed by atoms with Crippen molar-refractivity contribution in [3.05, 3.63) is 23.8 Å². The highest BCUT2D eigenvalue weighted by molar-refractivity contribution is 5.98. The number of nitrogens with one attached hydrogen (secondary N) is 1. The molecule has 1 fully saturated rings. The molecular formula is C15H22N2O3. The molecule has 2 rings (SSSR count). The molecule has 1 aliphatic rings. The van der Waals surface area contributed by atoms with Crippen molar-refractivity contribution in [3.8, 4) is 5.75 Å². The van der Waals surface area contributed by atoms with Crippen LogP contribution in [-0.4, -0.2) is 32.3 Å². The van der Waals surface area contributed by atoms with Gasteiger partial charge in [0.25, 0.3) is 5.91 Å². The molecule has 1 unspecified atom stereocenters. The molecule has 1 amide bonds. The van der Waals surface area contributed by atoms with Crippen LogP contribution in [0.3, 0.4) is 0 Å². The Kier molecular flexibility index (Phi) is 5.24. The zero-order chi connectivity index (χ0) is 14.4. The van der Waals surface area contributed by atoms with Crippen LogP contribution < -0.4 is 15.8 Å². The summed E-state index contributed by atoms with van der Waals surface area (Å²) in [5.41, 5.74) is 6.73. The van der Waals surface area contributed by atoms with Crippen molar-refractivity contribution in [3.63, 3.8) is 0 Å². The molecule has 0 radical (unpaired) electrons. The van der Waals surface area contributed by atoms with Crippen molar-refractivity contribution in [2.24, 2.45) is 0 Å². The maximum atomic E-state index is 12.1. The van der Waals surface area contributed by atoms with Crippen molar-refractivity contribution in [1.29, 1.82) is 0 Å². The number of methoxy groups -OCH3 is 1. The lowest BCUT2D eigenvalue weighted by molar-refractivity contribution is 0.0117. The summed E-state index contributed by atoms with van der Waals surface area (Å²) < 4.78 is 10.8. The van der Waals surface area contributed by atoms with Gasteiger partial charge < -0.3 is 20.5 Å². The lowest BCUT2D eigenvalue weighted by atomic mass is 10.1. The van der Waals surface area contributed by atoms with Gasteiger partial charge in [0.2, 0.25) is 0 Å². The number of nitrogen functional groups attached to an aromatic ring is 1. The first-order valence-corrected chi connectivity index (χ1v) is 7.04. The van der Waals surface area contributed by atoms with Crippen LogP contribution in [0.2, 0.25) is 0 Å². The number of nitrogens with two attached hydrogens (primary N) is 1. The molecule has 110 valence electrons. The van der Waals surface area contributed by atoms with Gasteiger partial charge in [0, 0.05) is 13.2 Å². The quantitative estimate of drug-likeness (QED) is 0.808. The van der Waals surface area contributed by atoms with Crippen LogP contribution in [0.25, 0.3) is 0 Å². The number of para-hydroxylation sites is 1. The molecule has 1 atom stereocenters. The zero-order valence-corrected chi connectivity index (χ0v) is 11.9. The zero-order valence-electron chi connectivity index (χ0n) is 11.9. The van der Waals surface area contributed by atoms with E-state index in [9.17, 15) is 4.79 Å².